The van der Waals surface area contributed by atoms with E-state index in [0.29, 0.717) is 31.8 Å². The van der Waals surface area contributed by atoms with Crippen molar-refractivity contribution in [2.24, 2.45) is 0 Å². The van der Waals surface area contributed by atoms with Crippen molar-refractivity contribution in [2.75, 3.05) is 0 Å². The number of carboxylic acids is 1. The zero-order valence-electron chi connectivity index (χ0n) is 9.53. The van der Waals surface area contributed by atoms with E-state index < -0.39 is 5.97 Å². The molecule has 1 aromatic heterocycles. The normalized spacial score (nSPS) is 10.5. The van der Waals surface area contributed by atoms with Crippen molar-refractivity contribution in [3.8, 4) is 11.1 Å². The molecule has 98 valence electrons. The summed E-state index contributed by atoms with van der Waals surface area (Å²) in [6.07, 6.45) is 2.77. The summed E-state index contributed by atoms with van der Waals surface area (Å²) in [6.45, 7) is 0. The Kier molecular flexibility index (Phi) is 4.30. The Morgan fingerprint density at radius 3 is 2.32 bits per heavy atom. The van der Waals surface area contributed by atoms with E-state index in [2.05, 4.69) is 4.98 Å². The maximum absolute atomic E-state index is 10.9. The van der Waals surface area contributed by atoms with Gasteiger partial charge in [0.15, 0.2) is 0 Å². The Hall–Kier alpha value is -1.29. The molecule has 0 aliphatic carbocycles. The van der Waals surface area contributed by atoms with Crippen LogP contribution < -0.4 is 0 Å². The molecular formula is C13H8Cl3NO2. The van der Waals surface area contributed by atoms with E-state index in [1.807, 2.05) is 0 Å². The number of carboxylic acid groups (broad SMARTS) is 1. The van der Waals surface area contributed by atoms with Crippen molar-refractivity contribution in [3.05, 3.63) is 51.2 Å². The van der Waals surface area contributed by atoms with Crippen LogP contribution in [0.3, 0.4) is 0 Å². The number of hydrogen-bond acceptors (Lipinski definition) is 2. The summed E-state index contributed by atoms with van der Waals surface area (Å²) in [5.41, 5.74) is 1.78. The van der Waals surface area contributed by atoms with Crippen LogP contribution in [0.25, 0.3) is 11.1 Å². The number of benzene rings is 1. The van der Waals surface area contributed by atoms with Crippen LogP contribution >= 0.6 is 34.8 Å². The molecule has 0 fully saturated rings. The number of rotatable bonds is 3. The lowest BCUT2D eigenvalue weighted by Crippen LogP contribution is -2.03. The first-order chi connectivity index (χ1) is 8.97. The topological polar surface area (TPSA) is 50.2 Å². The van der Waals surface area contributed by atoms with Gasteiger partial charge in [-0.2, -0.15) is 0 Å². The van der Waals surface area contributed by atoms with Gasteiger partial charge < -0.3 is 5.11 Å². The molecule has 0 radical (unpaired) electrons. The van der Waals surface area contributed by atoms with Crippen LogP contribution in [-0.2, 0) is 11.2 Å². The van der Waals surface area contributed by atoms with Crippen LogP contribution in [0.2, 0.25) is 15.1 Å². The van der Waals surface area contributed by atoms with Crippen molar-refractivity contribution < 1.29 is 9.90 Å². The number of nitrogens with zero attached hydrogens (tertiary/aromatic N) is 1. The molecular weight excluding hydrogens is 309 g/mol. The maximum Gasteiger partial charge on any atom is 0.307 e. The Morgan fingerprint density at radius 1 is 1.11 bits per heavy atom. The standard InChI is InChI=1S/C13H8Cl3NO2/c14-8-1-7(2-9(15)3-8)11-5-17-6-12(16)10(11)4-13(18)19/h1-3,5-6H,4H2,(H,18,19). The fourth-order valence-electron chi connectivity index (χ4n) is 1.75. The van der Waals surface area contributed by atoms with Crippen LogP contribution in [0.4, 0.5) is 0 Å². The highest BCUT2D eigenvalue weighted by Gasteiger charge is 2.14. The van der Waals surface area contributed by atoms with Gasteiger partial charge in [0.25, 0.3) is 0 Å². The van der Waals surface area contributed by atoms with E-state index >= 15 is 0 Å². The molecule has 6 heteroatoms. The Balaban J connectivity index is 2.61. The smallest absolute Gasteiger partial charge is 0.307 e. The molecule has 2 rings (SSSR count). The van der Waals surface area contributed by atoms with E-state index in [9.17, 15) is 4.79 Å². The van der Waals surface area contributed by atoms with Crippen LogP contribution in [0.15, 0.2) is 30.6 Å². The Labute approximate surface area is 124 Å². The first-order valence-corrected chi connectivity index (χ1v) is 6.41. The second-order valence-corrected chi connectivity index (χ2v) is 5.16. The summed E-state index contributed by atoms with van der Waals surface area (Å²) in [5.74, 6) is -0.970. The molecule has 0 saturated carbocycles. The first kappa shape index (κ1) is 14.1. The van der Waals surface area contributed by atoms with Gasteiger partial charge in [0.05, 0.1) is 11.4 Å². The zero-order chi connectivity index (χ0) is 14.0. The molecule has 3 nitrogen and oxygen atoms in total. The molecule has 0 unspecified atom stereocenters. The van der Waals surface area contributed by atoms with Crippen LogP contribution in [0.5, 0.6) is 0 Å². The van der Waals surface area contributed by atoms with Crippen molar-refractivity contribution >= 4 is 40.8 Å². The molecule has 0 saturated heterocycles. The van der Waals surface area contributed by atoms with Gasteiger partial charge in [0.1, 0.15) is 0 Å². The quantitative estimate of drug-likeness (QED) is 0.916. The first-order valence-electron chi connectivity index (χ1n) is 5.28. The average molecular weight is 317 g/mol. The maximum atomic E-state index is 10.9. The minimum absolute atomic E-state index is 0.194. The van der Waals surface area contributed by atoms with E-state index in [1.165, 1.54) is 6.20 Å². The highest BCUT2D eigenvalue weighted by molar-refractivity contribution is 6.35. The number of halogens is 3. The van der Waals surface area contributed by atoms with Gasteiger partial charge in [0, 0.05) is 28.0 Å². The molecule has 1 N–H and O–H groups in total. The fraction of sp³-hybridized carbons (Fsp3) is 0.0769. The fourth-order valence-corrected chi connectivity index (χ4v) is 2.50. The number of aliphatic carboxylic acids is 1. The van der Waals surface area contributed by atoms with Crippen LogP contribution in [0, 0.1) is 0 Å². The summed E-state index contributed by atoms with van der Waals surface area (Å²) in [4.78, 5) is 14.9. The third-order valence-corrected chi connectivity index (χ3v) is 3.27. The second kappa shape index (κ2) is 5.78. The minimum atomic E-state index is -0.970. The van der Waals surface area contributed by atoms with E-state index in [4.69, 9.17) is 39.9 Å². The van der Waals surface area contributed by atoms with Crippen LogP contribution in [-0.4, -0.2) is 16.1 Å². The van der Waals surface area contributed by atoms with Gasteiger partial charge in [-0.1, -0.05) is 34.8 Å². The molecule has 0 aliphatic heterocycles. The number of pyridine rings is 1. The van der Waals surface area contributed by atoms with Gasteiger partial charge in [-0.05, 0) is 29.3 Å². The summed E-state index contributed by atoms with van der Waals surface area (Å²) >= 11 is 17.9. The zero-order valence-corrected chi connectivity index (χ0v) is 11.8. The van der Waals surface area contributed by atoms with Gasteiger partial charge in [-0.15, -0.1) is 0 Å². The SMILES string of the molecule is O=C(O)Cc1c(Cl)cncc1-c1cc(Cl)cc(Cl)c1. The second-order valence-electron chi connectivity index (χ2n) is 3.88. The minimum Gasteiger partial charge on any atom is -0.481 e. The highest BCUT2D eigenvalue weighted by Crippen LogP contribution is 2.32. The summed E-state index contributed by atoms with van der Waals surface area (Å²) in [5, 5.41) is 10.2. The molecule has 0 bridgehead atoms. The third-order valence-electron chi connectivity index (χ3n) is 2.51. The Morgan fingerprint density at radius 2 is 1.74 bits per heavy atom. The lowest BCUT2D eigenvalue weighted by molar-refractivity contribution is -0.136. The van der Waals surface area contributed by atoms with E-state index in [1.54, 1.807) is 24.4 Å². The molecule has 0 spiro atoms. The molecule has 19 heavy (non-hydrogen) atoms. The molecule has 0 aliphatic rings. The van der Waals surface area contributed by atoms with Crippen LogP contribution in [0.1, 0.15) is 5.56 Å². The summed E-state index contributed by atoms with van der Waals surface area (Å²) in [6, 6.07) is 4.97. The number of aromatic nitrogens is 1. The van der Waals surface area contributed by atoms with Crippen molar-refractivity contribution in [1.29, 1.82) is 0 Å². The third kappa shape index (κ3) is 3.38. The highest BCUT2D eigenvalue weighted by atomic mass is 35.5. The molecule has 1 heterocycles. The average Bonchev–Trinajstić information content (AvgIpc) is 2.30. The molecule has 1 aromatic carbocycles. The molecule has 0 atom stereocenters. The van der Waals surface area contributed by atoms with Crippen molar-refractivity contribution in [3.63, 3.8) is 0 Å². The van der Waals surface area contributed by atoms with Gasteiger partial charge in [0.2, 0.25) is 0 Å². The number of carbonyl (C=O) groups is 1. The lowest BCUT2D eigenvalue weighted by atomic mass is 10.00. The summed E-state index contributed by atoms with van der Waals surface area (Å²) < 4.78 is 0. The predicted molar refractivity (Wildman–Crippen MR) is 76.0 cm³/mol. The molecule has 2 aromatic rings. The van der Waals surface area contributed by atoms with Crippen molar-refractivity contribution in [1.82, 2.24) is 4.98 Å². The monoisotopic (exact) mass is 315 g/mol. The Bertz CT molecular complexity index is 624. The lowest BCUT2D eigenvalue weighted by Gasteiger charge is -2.10. The van der Waals surface area contributed by atoms with Gasteiger partial charge in [-0.3, -0.25) is 9.78 Å². The van der Waals surface area contributed by atoms with E-state index in [0.717, 1.165) is 0 Å². The largest absolute Gasteiger partial charge is 0.481 e. The predicted octanol–water partition coefficient (Wildman–Crippen LogP) is 4.34. The summed E-state index contributed by atoms with van der Waals surface area (Å²) in [7, 11) is 0. The van der Waals surface area contributed by atoms with Gasteiger partial charge >= 0.3 is 5.97 Å². The van der Waals surface area contributed by atoms with E-state index in [-0.39, 0.29) is 6.42 Å². The molecule has 0 amide bonds. The number of hydrogen-bond donors (Lipinski definition) is 1. The van der Waals surface area contributed by atoms with Gasteiger partial charge in [-0.25, -0.2) is 0 Å². The van der Waals surface area contributed by atoms with Crippen molar-refractivity contribution in [2.45, 2.75) is 6.42 Å².